The normalized spacial score (nSPS) is 25.7. The highest BCUT2D eigenvalue weighted by molar-refractivity contribution is 6.01. The van der Waals surface area contributed by atoms with E-state index in [-0.39, 0.29) is 91.2 Å². The van der Waals surface area contributed by atoms with Crippen LogP contribution in [0, 0.1) is 47.3 Å². The Morgan fingerprint density at radius 1 is 0.453 bits per heavy atom. The van der Waals surface area contributed by atoms with Gasteiger partial charge in [-0.3, -0.25) is 24.0 Å². The van der Waals surface area contributed by atoms with E-state index in [9.17, 15) is 33.6 Å². The third-order valence-corrected chi connectivity index (χ3v) is 13.8. The number of hydrogen-bond donors (Lipinski definition) is 0. The molecule has 0 radical (unpaired) electrons. The van der Waals surface area contributed by atoms with Crippen molar-refractivity contribution in [1.29, 1.82) is 0 Å². The highest BCUT2D eigenvalue weighted by Crippen LogP contribution is 2.45. The number of benzene rings is 2. The van der Waals surface area contributed by atoms with E-state index in [1.54, 1.807) is 30.3 Å². The predicted molar refractivity (Wildman–Crippen MR) is 233 cm³/mol. The number of hydrogen-bond acceptors (Lipinski definition) is 14. The van der Waals surface area contributed by atoms with Crippen LogP contribution in [-0.4, -0.2) is 68.2 Å². The van der Waals surface area contributed by atoms with Crippen molar-refractivity contribution in [3.63, 3.8) is 0 Å². The molecule has 0 unspecified atom stereocenters. The summed E-state index contributed by atoms with van der Waals surface area (Å²) in [4.78, 5) is 87.0. The fourth-order valence-corrected chi connectivity index (χ4v) is 10.3. The van der Waals surface area contributed by atoms with Gasteiger partial charge in [0.1, 0.15) is 43.7 Å². The molecule has 64 heavy (non-hydrogen) atoms. The molecule has 6 rings (SSSR count). The SMILES string of the molecule is C=CC(=O)OCCOC(=O)C1CCC(C2CCC(C(=O)Oc3ccc(OC(=O)C4CCC(C5CCC(C(=O)OCCOC(=O)C=C)CC5)CC4)c4c(OC(C)=O)cccc34)CC2)CC1. The molecule has 346 valence electrons. The molecule has 0 bridgehead atoms. The first kappa shape index (κ1) is 47.9. The number of carbonyl (C=O) groups excluding carboxylic acids is 7. The first-order valence-electron chi connectivity index (χ1n) is 23.0. The molecule has 14 nitrogen and oxygen atoms in total. The molecule has 0 spiro atoms. The van der Waals surface area contributed by atoms with Crippen molar-refractivity contribution in [3.8, 4) is 17.2 Å². The fourth-order valence-electron chi connectivity index (χ4n) is 10.3. The topological polar surface area (TPSA) is 184 Å². The average molecular weight is 887 g/mol. The molecule has 0 heterocycles. The van der Waals surface area contributed by atoms with E-state index in [1.165, 1.54) is 6.92 Å². The van der Waals surface area contributed by atoms with Crippen LogP contribution in [0.2, 0.25) is 0 Å². The zero-order valence-corrected chi connectivity index (χ0v) is 36.9. The fraction of sp³-hybridized carbons (Fsp3) is 0.580. The molecular weight excluding hydrogens is 825 g/mol. The van der Waals surface area contributed by atoms with E-state index in [1.807, 2.05) is 0 Å². The molecule has 2 aromatic rings. The smallest absolute Gasteiger partial charge is 0.330 e. The van der Waals surface area contributed by atoms with Crippen LogP contribution >= 0.6 is 0 Å². The van der Waals surface area contributed by atoms with Gasteiger partial charge in [0.15, 0.2) is 0 Å². The van der Waals surface area contributed by atoms with Gasteiger partial charge in [-0.15, -0.1) is 0 Å². The Morgan fingerprint density at radius 3 is 1.19 bits per heavy atom. The van der Waals surface area contributed by atoms with Crippen LogP contribution < -0.4 is 14.2 Å². The van der Waals surface area contributed by atoms with Crippen LogP contribution in [0.25, 0.3) is 10.8 Å². The zero-order chi connectivity index (χ0) is 45.6. The largest absolute Gasteiger partial charge is 0.462 e. The Balaban J connectivity index is 0.975. The Hall–Kier alpha value is -5.53. The Morgan fingerprint density at radius 2 is 0.797 bits per heavy atom. The van der Waals surface area contributed by atoms with Gasteiger partial charge in [0, 0.05) is 24.5 Å². The van der Waals surface area contributed by atoms with Crippen molar-refractivity contribution in [2.24, 2.45) is 47.3 Å². The van der Waals surface area contributed by atoms with Gasteiger partial charge in [-0.25, -0.2) is 9.59 Å². The Labute approximate surface area is 374 Å². The molecule has 0 atom stereocenters. The third-order valence-electron chi connectivity index (χ3n) is 13.8. The molecule has 4 saturated carbocycles. The lowest BCUT2D eigenvalue weighted by Gasteiger charge is -2.36. The van der Waals surface area contributed by atoms with E-state index >= 15 is 0 Å². The van der Waals surface area contributed by atoms with Crippen LogP contribution in [0.5, 0.6) is 17.2 Å². The maximum absolute atomic E-state index is 13.7. The van der Waals surface area contributed by atoms with Crippen LogP contribution in [0.1, 0.15) is 110 Å². The molecular formula is C50H62O14. The van der Waals surface area contributed by atoms with E-state index in [2.05, 4.69) is 13.2 Å². The second-order valence-corrected chi connectivity index (χ2v) is 17.7. The number of ether oxygens (including phenoxy) is 7. The van der Waals surface area contributed by atoms with Crippen molar-refractivity contribution in [3.05, 3.63) is 55.6 Å². The lowest BCUT2D eigenvalue weighted by Crippen LogP contribution is -2.32. The Bertz CT molecular complexity index is 2010. The molecule has 0 amide bonds. The molecule has 0 saturated heterocycles. The monoisotopic (exact) mass is 886 g/mol. The van der Waals surface area contributed by atoms with Gasteiger partial charge in [-0.2, -0.15) is 0 Å². The zero-order valence-electron chi connectivity index (χ0n) is 36.9. The van der Waals surface area contributed by atoms with Crippen molar-refractivity contribution in [2.45, 2.75) is 110 Å². The van der Waals surface area contributed by atoms with Gasteiger partial charge in [0.25, 0.3) is 0 Å². The third kappa shape index (κ3) is 13.0. The summed E-state index contributed by atoms with van der Waals surface area (Å²) in [6, 6.07) is 8.30. The van der Waals surface area contributed by atoms with Crippen molar-refractivity contribution >= 4 is 52.6 Å². The highest BCUT2D eigenvalue weighted by Gasteiger charge is 2.38. The molecule has 2 aromatic carbocycles. The van der Waals surface area contributed by atoms with Crippen molar-refractivity contribution < 1.29 is 66.7 Å². The van der Waals surface area contributed by atoms with E-state index in [0.717, 1.165) is 89.2 Å². The maximum atomic E-state index is 13.7. The van der Waals surface area contributed by atoms with Gasteiger partial charge in [-0.05, 0) is 145 Å². The minimum Gasteiger partial charge on any atom is -0.462 e. The number of fused-ring (bicyclic) bond motifs is 1. The summed E-state index contributed by atoms with van der Waals surface area (Å²) in [7, 11) is 0. The van der Waals surface area contributed by atoms with Crippen molar-refractivity contribution in [2.75, 3.05) is 26.4 Å². The quantitative estimate of drug-likeness (QED) is 0.0485. The second kappa shape index (κ2) is 23.4. The first-order chi connectivity index (χ1) is 30.9. The van der Waals surface area contributed by atoms with Gasteiger partial charge in [0.05, 0.1) is 29.1 Å². The summed E-state index contributed by atoms with van der Waals surface area (Å²) < 4.78 is 38.1. The lowest BCUT2D eigenvalue weighted by atomic mass is 9.69. The standard InChI is InChI=1S/C50H62O14/c1-4-44(52)58-27-29-60-47(54)36-17-9-32(10-18-36)34-13-21-38(22-14-34)49(56)63-41-25-26-43(46-40(41)7-6-8-42(46)62-31(3)51)64-50(57)39-23-15-35(16-24-39)33-11-19-37(20-12-33)48(55)61-30-28-59-45(53)5-2/h4-8,25-26,32-39H,1-2,9-24,27-30H2,3H3. The van der Waals surface area contributed by atoms with Gasteiger partial charge < -0.3 is 33.2 Å². The van der Waals surface area contributed by atoms with E-state index in [4.69, 9.17) is 33.2 Å². The predicted octanol–water partition coefficient (Wildman–Crippen LogP) is 8.35. The van der Waals surface area contributed by atoms with Crippen LogP contribution in [0.3, 0.4) is 0 Å². The number of rotatable bonds is 17. The van der Waals surface area contributed by atoms with Crippen molar-refractivity contribution in [1.82, 2.24) is 0 Å². The van der Waals surface area contributed by atoms with Crippen LogP contribution in [0.4, 0.5) is 0 Å². The first-order valence-corrected chi connectivity index (χ1v) is 23.0. The molecule has 0 aromatic heterocycles. The van der Waals surface area contributed by atoms with Gasteiger partial charge >= 0.3 is 41.8 Å². The number of esters is 7. The molecule has 0 N–H and O–H groups in total. The summed E-state index contributed by atoms with van der Waals surface area (Å²) in [6.07, 6.45) is 15.0. The molecule has 4 fully saturated rings. The molecule has 4 aliphatic carbocycles. The Kier molecular flexibility index (Phi) is 17.5. The van der Waals surface area contributed by atoms with Gasteiger partial charge in [0.2, 0.25) is 0 Å². The summed E-state index contributed by atoms with van der Waals surface area (Å²) in [5, 5.41) is 0.857. The van der Waals surface area contributed by atoms with Crippen LogP contribution in [-0.2, 0) is 52.5 Å². The summed E-state index contributed by atoms with van der Waals surface area (Å²) in [5.74, 6) is -1.21. The number of carbonyl (C=O) groups is 7. The second-order valence-electron chi connectivity index (χ2n) is 17.7. The lowest BCUT2D eigenvalue weighted by molar-refractivity contribution is -0.154. The average Bonchev–Trinajstić information content (AvgIpc) is 3.32. The summed E-state index contributed by atoms with van der Waals surface area (Å²) >= 11 is 0. The maximum Gasteiger partial charge on any atom is 0.330 e. The van der Waals surface area contributed by atoms with Gasteiger partial charge in [-0.1, -0.05) is 25.3 Å². The molecule has 0 aliphatic heterocycles. The summed E-state index contributed by atoms with van der Waals surface area (Å²) in [6.45, 7) is 8.03. The van der Waals surface area contributed by atoms with E-state index < -0.39 is 17.9 Å². The summed E-state index contributed by atoms with van der Waals surface area (Å²) in [5.41, 5.74) is 0. The molecule has 4 aliphatic rings. The minimum atomic E-state index is -0.554. The minimum absolute atomic E-state index is 0.000379. The van der Waals surface area contributed by atoms with E-state index in [0.29, 0.717) is 60.1 Å². The van der Waals surface area contributed by atoms with Crippen LogP contribution in [0.15, 0.2) is 55.6 Å². The molecule has 14 heteroatoms. The highest BCUT2D eigenvalue weighted by atomic mass is 16.6.